The molecule has 2 atom stereocenters. The first-order valence-electron chi connectivity index (χ1n) is 8.07. The molecule has 0 fully saturated rings. The number of aryl methyl sites for hydroxylation is 2. The van der Waals surface area contributed by atoms with Gasteiger partial charge < -0.3 is 15.2 Å². The number of rotatable bonds is 5. The van der Waals surface area contributed by atoms with Gasteiger partial charge >= 0.3 is 0 Å². The van der Waals surface area contributed by atoms with Crippen LogP contribution in [-0.2, 0) is 17.8 Å². The van der Waals surface area contributed by atoms with Crippen molar-refractivity contribution in [1.29, 1.82) is 0 Å². The molecule has 0 radical (unpaired) electrons. The van der Waals surface area contributed by atoms with Crippen LogP contribution in [0.1, 0.15) is 25.0 Å². The highest BCUT2D eigenvalue weighted by molar-refractivity contribution is 6.30. The SMILES string of the molecule is Cc1nnc2n1C[C@H](CN[C@@H](C)C(=O)Nc1ccc(Cl)cn1)CC2. The summed E-state index contributed by atoms with van der Waals surface area (Å²) in [6, 6.07) is 3.08. The van der Waals surface area contributed by atoms with Gasteiger partial charge in [0.15, 0.2) is 0 Å². The quantitative estimate of drug-likeness (QED) is 0.860. The number of nitrogens with one attached hydrogen (secondary N) is 2. The summed E-state index contributed by atoms with van der Waals surface area (Å²) in [7, 11) is 0. The molecule has 0 spiro atoms. The van der Waals surface area contributed by atoms with E-state index in [1.54, 1.807) is 12.1 Å². The number of carbonyl (C=O) groups is 1. The highest BCUT2D eigenvalue weighted by Crippen LogP contribution is 2.19. The zero-order valence-electron chi connectivity index (χ0n) is 13.8. The van der Waals surface area contributed by atoms with E-state index >= 15 is 0 Å². The Morgan fingerprint density at radius 3 is 3.04 bits per heavy atom. The van der Waals surface area contributed by atoms with Gasteiger partial charge in [-0.25, -0.2) is 4.98 Å². The van der Waals surface area contributed by atoms with Crippen molar-refractivity contribution in [3.05, 3.63) is 35.0 Å². The van der Waals surface area contributed by atoms with Gasteiger partial charge in [0.1, 0.15) is 17.5 Å². The summed E-state index contributed by atoms with van der Waals surface area (Å²) in [6.07, 6.45) is 3.50. The van der Waals surface area contributed by atoms with E-state index in [1.165, 1.54) is 6.20 Å². The van der Waals surface area contributed by atoms with Crippen molar-refractivity contribution in [2.24, 2.45) is 5.92 Å². The number of anilines is 1. The van der Waals surface area contributed by atoms with Gasteiger partial charge in [0.05, 0.1) is 11.1 Å². The predicted octanol–water partition coefficient (Wildman–Crippen LogP) is 1.81. The second kappa shape index (κ2) is 7.27. The summed E-state index contributed by atoms with van der Waals surface area (Å²) in [6.45, 7) is 5.50. The van der Waals surface area contributed by atoms with Crippen LogP contribution < -0.4 is 10.6 Å². The first-order valence-corrected chi connectivity index (χ1v) is 8.45. The van der Waals surface area contributed by atoms with Crippen molar-refractivity contribution in [2.75, 3.05) is 11.9 Å². The molecule has 0 unspecified atom stereocenters. The molecular formula is C16H21ClN6O. The fourth-order valence-corrected chi connectivity index (χ4v) is 2.93. The zero-order valence-corrected chi connectivity index (χ0v) is 14.5. The average molecular weight is 349 g/mol. The Hall–Kier alpha value is -1.99. The summed E-state index contributed by atoms with van der Waals surface area (Å²) in [5, 5.41) is 14.9. The van der Waals surface area contributed by atoms with E-state index in [0.717, 1.165) is 37.6 Å². The molecule has 2 aromatic heterocycles. The minimum absolute atomic E-state index is 0.109. The fourth-order valence-electron chi connectivity index (χ4n) is 2.82. The first-order chi connectivity index (χ1) is 11.5. The molecular weight excluding hydrogens is 328 g/mol. The molecule has 0 saturated heterocycles. The number of carbonyl (C=O) groups excluding carboxylic acids is 1. The monoisotopic (exact) mass is 348 g/mol. The van der Waals surface area contributed by atoms with Crippen molar-refractivity contribution < 1.29 is 4.79 Å². The van der Waals surface area contributed by atoms with Gasteiger partial charge in [-0.3, -0.25) is 4.79 Å². The smallest absolute Gasteiger partial charge is 0.242 e. The molecule has 1 aliphatic heterocycles. The van der Waals surface area contributed by atoms with Crippen molar-refractivity contribution in [3.63, 3.8) is 0 Å². The van der Waals surface area contributed by atoms with E-state index in [9.17, 15) is 4.79 Å². The van der Waals surface area contributed by atoms with E-state index in [2.05, 4.69) is 30.4 Å². The molecule has 0 aromatic carbocycles. The van der Waals surface area contributed by atoms with Crippen molar-refractivity contribution in [2.45, 2.75) is 39.3 Å². The number of halogens is 1. The third-order valence-electron chi connectivity index (χ3n) is 4.31. The summed E-state index contributed by atoms with van der Waals surface area (Å²) in [5.74, 6) is 2.87. The standard InChI is InChI=1S/C16H21ClN6O/c1-10(16(24)20-14-5-4-13(17)8-19-14)18-7-12-3-6-15-22-21-11(2)23(15)9-12/h4-5,8,10,12,18H,3,6-7,9H2,1-2H3,(H,19,20,24)/t10-,12-/m0/s1. The Bertz CT molecular complexity index is 714. The maximum absolute atomic E-state index is 12.2. The second-order valence-corrected chi connectivity index (χ2v) is 6.60. The Balaban J connectivity index is 1.48. The highest BCUT2D eigenvalue weighted by atomic mass is 35.5. The van der Waals surface area contributed by atoms with Gasteiger partial charge in [0.25, 0.3) is 0 Å². The molecule has 0 bridgehead atoms. The number of pyridine rings is 1. The number of amides is 1. The van der Waals surface area contributed by atoms with Gasteiger partial charge in [-0.05, 0) is 38.3 Å². The van der Waals surface area contributed by atoms with Gasteiger partial charge in [-0.2, -0.15) is 0 Å². The topological polar surface area (TPSA) is 84.7 Å². The van der Waals surface area contributed by atoms with Crippen molar-refractivity contribution >= 4 is 23.3 Å². The normalized spacial score (nSPS) is 18.0. The molecule has 3 heterocycles. The molecule has 0 saturated carbocycles. The zero-order chi connectivity index (χ0) is 17.1. The lowest BCUT2D eigenvalue weighted by atomic mass is 9.99. The minimum atomic E-state index is -0.300. The maximum atomic E-state index is 12.2. The van der Waals surface area contributed by atoms with E-state index < -0.39 is 0 Å². The fraction of sp³-hybridized carbons (Fsp3) is 0.500. The lowest BCUT2D eigenvalue weighted by Gasteiger charge is -2.25. The summed E-state index contributed by atoms with van der Waals surface area (Å²) in [4.78, 5) is 16.3. The average Bonchev–Trinajstić information content (AvgIpc) is 2.95. The third kappa shape index (κ3) is 3.91. The molecule has 2 aromatic rings. The van der Waals surface area contributed by atoms with E-state index in [4.69, 9.17) is 11.6 Å². The second-order valence-electron chi connectivity index (χ2n) is 6.16. The van der Waals surface area contributed by atoms with Gasteiger partial charge in [-0.15, -0.1) is 10.2 Å². The highest BCUT2D eigenvalue weighted by Gasteiger charge is 2.22. The summed E-state index contributed by atoms with van der Waals surface area (Å²) >= 11 is 5.79. The summed E-state index contributed by atoms with van der Waals surface area (Å²) < 4.78 is 2.16. The number of hydrogen-bond donors (Lipinski definition) is 2. The minimum Gasteiger partial charge on any atom is -0.315 e. The molecule has 128 valence electrons. The predicted molar refractivity (Wildman–Crippen MR) is 91.9 cm³/mol. The van der Waals surface area contributed by atoms with Crippen LogP contribution in [0, 0.1) is 12.8 Å². The number of nitrogens with zero attached hydrogens (tertiary/aromatic N) is 4. The molecule has 1 amide bonds. The van der Waals surface area contributed by atoms with E-state index in [1.807, 2.05) is 13.8 Å². The van der Waals surface area contributed by atoms with Gasteiger partial charge in [0, 0.05) is 25.7 Å². The number of fused-ring (bicyclic) bond motifs is 1. The lowest BCUT2D eigenvalue weighted by molar-refractivity contribution is -0.117. The first kappa shape index (κ1) is 16.9. The van der Waals surface area contributed by atoms with Crippen LogP contribution in [0.2, 0.25) is 5.02 Å². The maximum Gasteiger partial charge on any atom is 0.242 e. The molecule has 3 rings (SSSR count). The Kier molecular flexibility index (Phi) is 5.11. The Morgan fingerprint density at radius 1 is 1.46 bits per heavy atom. The molecule has 7 nitrogen and oxygen atoms in total. The van der Waals surface area contributed by atoms with Crippen molar-refractivity contribution in [1.82, 2.24) is 25.1 Å². The number of aromatic nitrogens is 4. The molecule has 2 N–H and O–H groups in total. The van der Waals surface area contributed by atoms with Crippen LogP contribution in [0.3, 0.4) is 0 Å². The van der Waals surface area contributed by atoms with Crippen LogP contribution in [0.25, 0.3) is 0 Å². The molecule has 24 heavy (non-hydrogen) atoms. The van der Waals surface area contributed by atoms with Gasteiger partial charge in [-0.1, -0.05) is 11.6 Å². The lowest BCUT2D eigenvalue weighted by Crippen LogP contribution is -2.42. The Morgan fingerprint density at radius 2 is 2.29 bits per heavy atom. The number of hydrogen-bond acceptors (Lipinski definition) is 5. The van der Waals surface area contributed by atoms with Crippen LogP contribution >= 0.6 is 11.6 Å². The molecule has 8 heteroatoms. The Labute approximate surface area is 145 Å². The van der Waals surface area contributed by atoms with E-state index in [-0.39, 0.29) is 11.9 Å². The van der Waals surface area contributed by atoms with Crippen LogP contribution in [-0.4, -0.2) is 38.2 Å². The van der Waals surface area contributed by atoms with Crippen LogP contribution in [0.4, 0.5) is 5.82 Å². The largest absolute Gasteiger partial charge is 0.315 e. The van der Waals surface area contributed by atoms with Crippen molar-refractivity contribution in [3.8, 4) is 0 Å². The van der Waals surface area contributed by atoms with Gasteiger partial charge in [0.2, 0.25) is 5.91 Å². The third-order valence-corrected chi connectivity index (χ3v) is 4.54. The summed E-state index contributed by atoms with van der Waals surface area (Å²) in [5.41, 5.74) is 0. The van der Waals surface area contributed by atoms with Crippen LogP contribution in [0.15, 0.2) is 18.3 Å². The van der Waals surface area contributed by atoms with Crippen LogP contribution in [0.5, 0.6) is 0 Å². The van der Waals surface area contributed by atoms with E-state index in [0.29, 0.717) is 16.8 Å². The molecule has 1 aliphatic rings. The molecule has 0 aliphatic carbocycles.